The number of pyridine rings is 1. The number of aromatic nitrogens is 1. The fourth-order valence-corrected chi connectivity index (χ4v) is 3.36. The third-order valence-electron chi connectivity index (χ3n) is 4.29. The van der Waals surface area contributed by atoms with Crippen LogP contribution in [0.2, 0.25) is 5.02 Å². The average Bonchev–Trinajstić information content (AvgIpc) is 2.93. The molecule has 3 rings (SSSR count). The Hall–Kier alpha value is -3.04. The van der Waals surface area contributed by atoms with Crippen LogP contribution < -0.4 is 10.7 Å². The van der Waals surface area contributed by atoms with Crippen molar-refractivity contribution in [3.8, 4) is 0 Å². The lowest BCUT2D eigenvalue weighted by atomic mass is 10.2. The third kappa shape index (κ3) is 4.69. The molecule has 150 valence electrons. The summed E-state index contributed by atoms with van der Waals surface area (Å²) in [5.41, 5.74) is 3.54. The van der Waals surface area contributed by atoms with Crippen molar-refractivity contribution >= 4 is 52.3 Å². The number of amides is 3. The van der Waals surface area contributed by atoms with Gasteiger partial charge in [0.1, 0.15) is 6.04 Å². The lowest BCUT2D eigenvalue weighted by Gasteiger charge is -2.24. The normalized spacial score (nSPS) is 16.1. The van der Waals surface area contributed by atoms with Gasteiger partial charge in [-0.05, 0) is 55.5 Å². The van der Waals surface area contributed by atoms with Gasteiger partial charge in [0.2, 0.25) is 5.91 Å². The molecule has 3 amide bonds. The van der Waals surface area contributed by atoms with Crippen LogP contribution >= 0.6 is 23.8 Å². The van der Waals surface area contributed by atoms with Crippen LogP contribution in [-0.4, -0.2) is 50.3 Å². The van der Waals surface area contributed by atoms with Crippen molar-refractivity contribution in [2.24, 2.45) is 0 Å². The quantitative estimate of drug-likeness (QED) is 0.681. The average molecular weight is 432 g/mol. The first-order valence-corrected chi connectivity index (χ1v) is 9.60. The van der Waals surface area contributed by atoms with E-state index in [1.54, 1.807) is 31.2 Å². The molecule has 8 nitrogen and oxygen atoms in total. The highest BCUT2D eigenvalue weighted by molar-refractivity contribution is 7.80. The van der Waals surface area contributed by atoms with Crippen molar-refractivity contribution in [3.63, 3.8) is 0 Å². The molecule has 1 saturated heterocycles. The number of halogens is 1. The van der Waals surface area contributed by atoms with E-state index in [2.05, 4.69) is 15.7 Å². The molecule has 2 aromatic rings. The minimum absolute atomic E-state index is 0.143. The summed E-state index contributed by atoms with van der Waals surface area (Å²) in [5, 5.41) is 4.67. The van der Waals surface area contributed by atoms with Crippen LogP contribution in [-0.2, 0) is 9.59 Å². The molecule has 0 spiro atoms. The lowest BCUT2D eigenvalue weighted by molar-refractivity contribution is -0.130. The van der Waals surface area contributed by atoms with Crippen LogP contribution in [0.25, 0.3) is 0 Å². The molecule has 1 aliphatic rings. The van der Waals surface area contributed by atoms with E-state index >= 15 is 0 Å². The molecule has 0 unspecified atom stereocenters. The number of likely N-dealkylation sites (N-methyl/N-ethyl adjacent to an activating group) is 1. The molecular weight excluding hydrogens is 414 g/mol. The van der Waals surface area contributed by atoms with Crippen LogP contribution in [0.15, 0.2) is 48.8 Å². The van der Waals surface area contributed by atoms with Crippen LogP contribution in [0.3, 0.4) is 0 Å². The Morgan fingerprint density at radius 3 is 2.45 bits per heavy atom. The Kier molecular flexibility index (Phi) is 6.40. The van der Waals surface area contributed by atoms with E-state index in [4.69, 9.17) is 23.8 Å². The monoisotopic (exact) mass is 431 g/mol. The molecule has 1 aromatic carbocycles. The number of hydrogen-bond acceptors (Lipinski definition) is 5. The van der Waals surface area contributed by atoms with E-state index < -0.39 is 17.9 Å². The van der Waals surface area contributed by atoms with Crippen molar-refractivity contribution < 1.29 is 14.4 Å². The molecule has 0 bridgehead atoms. The predicted molar refractivity (Wildman–Crippen MR) is 112 cm³/mol. The molecule has 0 saturated carbocycles. The van der Waals surface area contributed by atoms with Gasteiger partial charge in [0.25, 0.3) is 11.8 Å². The van der Waals surface area contributed by atoms with Crippen LogP contribution in [0.4, 0.5) is 5.69 Å². The molecule has 1 aliphatic heterocycles. The topological polar surface area (TPSA) is 94.6 Å². The molecule has 1 aromatic heterocycles. The Labute approximate surface area is 177 Å². The summed E-state index contributed by atoms with van der Waals surface area (Å²) in [7, 11) is 0. The number of benzene rings is 1. The summed E-state index contributed by atoms with van der Waals surface area (Å²) in [6.45, 7) is 2.10. The minimum atomic E-state index is -0.944. The molecule has 1 atom stereocenters. The Morgan fingerprint density at radius 2 is 1.83 bits per heavy atom. The molecule has 10 heteroatoms. The molecule has 0 aliphatic carbocycles. The zero-order chi connectivity index (χ0) is 21.0. The highest BCUT2D eigenvalue weighted by Gasteiger charge is 2.43. The highest BCUT2D eigenvalue weighted by Crippen LogP contribution is 2.20. The van der Waals surface area contributed by atoms with Gasteiger partial charge in [-0.25, -0.2) is 5.01 Å². The van der Waals surface area contributed by atoms with Crippen LogP contribution in [0.5, 0.6) is 0 Å². The largest absolute Gasteiger partial charge is 0.326 e. The number of anilines is 1. The van der Waals surface area contributed by atoms with Crippen LogP contribution in [0, 0.1) is 0 Å². The summed E-state index contributed by atoms with van der Waals surface area (Å²) in [6, 6.07) is 8.73. The maximum atomic E-state index is 12.7. The highest BCUT2D eigenvalue weighted by atomic mass is 35.5. The zero-order valence-electron chi connectivity index (χ0n) is 15.5. The summed E-state index contributed by atoms with van der Waals surface area (Å²) >= 11 is 11.2. The maximum Gasteiger partial charge on any atom is 0.269 e. The van der Waals surface area contributed by atoms with E-state index in [0.29, 0.717) is 22.8 Å². The summed E-state index contributed by atoms with van der Waals surface area (Å²) in [6.07, 6.45) is 2.78. The molecule has 1 fully saturated rings. The third-order valence-corrected chi connectivity index (χ3v) is 4.96. The molecule has 2 heterocycles. The standard InChI is InChI=1S/C19H18ClN5O3S/c1-2-24-18(28)15(11-16(26)22-14-5-3-13(20)4-6-14)25(19(24)29)23-17(27)12-7-9-21-10-8-12/h3-10,15H,2,11H2,1H3,(H,22,26)(H,23,27)/t15-/m1/s1. The molecule has 2 N–H and O–H groups in total. The van der Waals surface area contributed by atoms with Crippen molar-refractivity contribution in [1.29, 1.82) is 0 Å². The number of nitrogens with zero attached hydrogens (tertiary/aromatic N) is 3. The zero-order valence-corrected chi connectivity index (χ0v) is 17.0. The van der Waals surface area contributed by atoms with Crippen molar-refractivity contribution in [2.45, 2.75) is 19.4 Å². The summed E-state index contributed by atoms with van der Waals surface area (Å²) in [4.78, 5) is 43.0. The number of carbonyl (C=O) groups excluding carboxylic acids is 3. The van der Waals surface area contributed by atoms with Gasteiger partial charge < -0.3 is 5.32 Å². The second-order valence-electron chi connectivity index (χ2n) is 6.19. The number of rotatable bonds is 6. The van der Waals surface area contributed by atoms with Crippen LogP contribution in [0.1, 0.15) is 23.7 Å². The van der Waals surface area contributed by atoms with Gasteiger partial charge >= 0.3 is 0 Å². The lowest BCUT2D eigenvalue weighted by Crippen LogP contribution is -2.49. The van der Waals surface area contributed by atoms with Gasteiger partial charge in [0.05, 0.1) is 6.42 Å². The van der Waals surface area contributed by atoms with Gasteiger partial charge in [-0.2, -0.15) is 0 Å². The predicted octanol–water partition coefficient (Wildman–Crippen LogP) is 2.23. The summed E-state index contributed by atoms with van der Waals surface area (Å²) in [5.74, 6) is -1.20. The van der Waals surface area contributed by atoms with E-state index in [0.717, 1.165) is 0 Å². The fourth-order valence-electron chi connectivity index (χ4n) is 2.84. The van der Waals surface area contributed by atoms with Crippen molar-refractivity contribution in [2.75, 3.05) is 11.9 Å². The van der Waals surface area contributed by atoms with E-state index in [9.17, 15) is 14.4 Å². The summed E-state index contributed by atoms with van der Waals surface area (Å²) < 4.78 is 0. The first kappa shape index (κ1) is 20.7. The molecule has 29 heavy (non-hydrogen) atoms. The fraction of sp³-hybridized carbons (Fsp3) is 0.211. The van der Waals surface area contributed by atoms with Gasteiger partial charge in [-0.1, -0.05) is 11.6 Å². The number of hydrogen-bond donors (Lipinski definition) is 2. The Balaban J connectivity index is 1.75. The number of thiocarbonyl (C=S) groups is 1. The first-order chi connectivity index (χ1) is 13.9. The first-order valence-electron chi connectivity index (χ1n) is 8.81. The molecular formula is C19H18ClN5O3S. The van der Waals surface area contributed by atoms with E-state index in [-0.39, 0.29) is 17.4 Å². The number of hydrazine groups is 1. The van der Waals surface area contributed by atoms with Crippen molar-refractivity contribution in [3.05, 3.63) is 59.4 Å². The van der Waals surface area contributed by atoms with Gasteiger partial charge in [-0.3, -0.25) is 29.7 Å². The van der Waals surface area contributed by atoms with Gasteiger partial charge in [0.15, 0.2) is 5.11 Å². The molecule has 0 radical (unpaired) electrons. The SMILES string of the molecule is CCN1C(=O)[C@@H](CC(=O)Nc2ccc(Cl)cc2)N(NC(=O)c2ccncc2)C1=S. The minimum Gasteiger partial charge on any atom is -0.326 e. The second kappa shape index (κ2) is 8.97. The number of carbonyl (C=O) groups is 3. The Morgan fingerprint density at radius 1 is 1.17 bits per heavy atom. The Bertz CT molecular complexity index is 939. The van der Waals surface area contributed by atoms with Gasteiger partial charge in [-0.15, -0.1) is 0 Å². The second-order valence-corrected chi connectivity index (χ2v) is 6.99. The van der Waals surface area contributed by atoms with E-state index in [1.165, 1.54) is 34.4 Å². The maximum absolute atomic E-state index is 12.7. The number of nitrogens with one attached hydrogen (secondary N) is 2. The smallest absolute Gasteiger partial charge is 0.269 e. The van der Waals surface area contributed by atoms with Gasteiger partial charge in [0, 0.05) is 35.2 Å². The van der Waals surface area contributed by atoms with Crippen molar-refractivity contribution in [1.82, 2.24) is 20.3 Å². The van der Waals surface area contributed by atoms with E-state index in [1.807, 2.05) is 0 Å².